The first-order valence-electron chi connectivity index (χ1n) is 7.13. The zero-order valence-electron chi connectivity index (χ0n) is 12.3. The van der Waals surface area contributed by atoms with Crippen molar-refractivity contribution in [3.63, 3.8) is 0 Å². The Labute approximate surface area is 127 Å². The molecule has 6 nitrogen and oxygen atoms in total. The van der Waals surface area contributed by atoms with Gasteiger partial charge >= 0.3 is 11.9 Å². The summed E-state index contributed by atoms with van der Waals surface area (Å²) in [6, 6.07) is 6.09. The van der Waals surface area contributed by atoms with Crippen LogP contribution in [0.1, 0.15) is 19.4 Å². The quantitative estimate of drug-likeness (QED) is 0.879. The number of anilines is 1. The summed E-state index contributed by atoms with van der Waals surface area (Å²) in [4.78, 5) is 36.9. The van der Waals surface area contributed by atoms with Crippen molar-refractivity contribution >= 4 is 23.5 Å². The van der Waals surface area contributed by atoms with Crippen molar-refractivity contribution in [1.29, 1.82) is 0 Å². The van der Waals surface area contributed by atoms with Crippen LogP contribution in [0, 0.1) is 17.3 Å². The van der Waals surface area contributed by atoms with E-state index in [-0.39, 0.29) is 6.42 Å². The molecule has 2 N–H and O–H groups in total. The first-order chi connectivity index (χ1) is 10.3. The summed E-state index contributed by atoms with van der Waals surface area (Å²) in [5, 5.41) is 18.6. The summed E-state index contributed by atoms with van der Waals surface area (Å²) in [5.41, 5.74) is 0.726. The third-order valence-electron chi connectivity index (χ3n) is 4.86. The molecule has 1 aromatic carbocycles. The lowest BCUT2D eigenvalue weighted by molar-refractivity contribution is -0.140. The van der Waals surface area contributed by atoms with Crippen LogP contribution < -0.4 is 4.90 Å². The van der Waals surface area contributed by atoms with E-state index in [1.54, 1.807) is 38.1 Å². The van der Waals surface area contributed by atoms with Crippen LogP contribution in [-0.4, -0.2) is 34.1 Å². The molecular formula is C16H17NO5. The van der Waals surface area contributed by atoms with Crippen LogP contribution in [0.4, 0.5) is 5.69 Å². The van der Waals surface area contributed by atoms with Crippen molar-refractivity contribution in [2.45, 2.75) is 26.3 Å². The molecule has 0 aromatic heterocycles. The Kier molecular flexibility index (Phi) is 3.02. The zero-order chi connectivity index (χ0) is 16.2. The number of para-hydroxylation sites is 1. The average molecular weight is 303 g/mol. The normalized spacial score (nSPS) is 28.1. The lowest BCUT2D eigenvalue weighted by Gasteiger charge is -2.23. The maximum absolute atomic E-state index is 12.8. The monoisotopic (exact) mass is 303 g/mol. The second-order valence-electron chi connectivity index (χ2n) is 6.51. The van der Waals surface area contributed by atoms with Crippen LogP contribution in [0.15, 0.2) is 24.3 Å². The number of carbonyl (C=O) groups excluding carboxylic acids is 1. The number of carbonyl (C=O) groups is 3. The van der Waals surface area contributed by atoms with E-state index in [0.29, 0.717) is 5.69 Å². The Morgan fingerprint density at radius 2 is 1.73 bits per heavy atom. The lowest BCUT2D eigenvalue weighted by atomic mass is 10.1. The average Bonchev–Trinajstić information content (AvgIpc) is 2.84. The Morgan fingerprint density at radius 3 is 2.27 bits per heavy atom. The Balaban J connectivity index is 1.97. The number of aliphatic carboxylic acids is 2. The third kappa shape index (κ3) is 1.90. The fourth-order valence-corrected chi connectivity index (χ4v) is 3.57. The molecule has 1 saturated carbocycles. The van der Waals surface area contributed by atoms with Gasteiger partial charge in [0.15, 0.2) is 0 Å². The number of carboxylic acids is 2. The highest BCUT2D eigenvalue weighted by Gasteiger charge is 2.67. The number of benzene rings is 1. The molecule has 0 bridgehead atoms. The highest BCUT2D eigenvalue weighted by molar-refractivity contribution is 6.06. The Hall–Kier alpha value is -2.37. The maximum Gasteiger partial charge on any atom is 0.327 e. The van der Waals surface area contributed by atoms with Gasteiger partial charge in [-0.05, 0) is 17.0 Å². The predicted octanol–water partition coefficient (Wildman–Crippen LogP) is 1.39. The van der Waals surface area contributed by atoms with E-state index in [9.17, 15) is 24.6 Å². The maximum atomic E-state index is 12.8. The van der Waals surface area contributed by atoms with Gasteiger partial charge in [-0.25, -0.2) is 4.79 Å². The first kappa shape index (κ1) is 14.6. The molecule has 0 saturated heterocycles. The Bertz CT molecular complexity index is 681. The molecule has 116 valence electrons. The van der Waals surface area contributed by atoms with E-state index in [1.165, 1.54) is 4.90 Å². The van der Waals surface area contributed by atoms with Gasteiger partial charge in [0.2, 0.25) is 5.91 Å². The number of hydrogen-bond acceptors (Lipinski definition) is 3. The van der Waals surface area contributed by atoms with Gasteiger partial charge in [-0.1, -0.05) is 32.0 Å². The Morgan fingerprint density at radius 1 is 1.09 bits per heavy atom. The first-order valence-corrected chi connectivity index (χ1v) is 7.13. The van der Waals surface area contributed by atoms with Gasteiger partial charge in [-0.3, -0.25) is 14.5 Å². The largest absolute Gasteiger partial charge is 0.481 e. The summed E-state index contributed by atoms with van der Waals surface area (Å²) in [5.74, 6) is -3.94. The zero-order valence-corrected chi connectivity index (χ0v) is 12.3. The van der Waals surface area contributed by atoms with Crippen LogP contribution >= 0.6 is 0 Å². The molecule has 1 amide bonds. The van der Waals surface area contributed by atoms with E-state index < -0.39 is 41.1 Å². The molecule has 3 atom stereocenters. The number of rotatable bonds is 3. The van der Waals surface area contributed by atoms with E-state index in [2.05, 4.69) is 0 Å². The summed E-state index contributed by atoms with van der Waals surface area (Å²) in [6.07, 6.45) is 0.252. The van der Waals surface area contributed by atoms with E-state index in [0.717, 1.165) is 5.56 Å². The number of carboxylic acid groups (broad SMARTS) is 2. The van der Waals surface area contributed by atoms with Gasteiger partial charge in [-0.2, -0.15) is 0 Å². The summed E-state index contributed by atoms with van der Waals surface area (Å²) in [7, 11) is 0. The minimum absolute atomic E-state index is 0.252. The SMILES string of the molecule is CC1(C)[C@@H](C(=O)O)[C@@H]1C(=O)N1c2ccccc2C[C@H]1C(=O)O. The highest BCUT2D eigenvalue weighted by atomic mass is 16.4. The smallest absolute Gasteiger partial charge is 0.327 e. The summed E-state index contributed by atoms with van der Waals surface area (Å²) >= 11 is 0. The molecule has 3 rings (SSSR count). The van der Waals surface area contributed by atoms with Crippen molar-refractivity contribution in [3.8, 4) is 0 Å². The van der Waals surface area contributed by atoms with E-state index >= 15 is 0 Å². The van der Waals surface area contributed by atoms with Crippen LogP contribution in [0.25, 0.3) is 0 Å². The third-order valence-corrected chi connectivity index (χ3v) is 4.86. The van der Waals surface area contributed by atoms with E-state index in [1.807, 2.05) is 0 Å². The summed E-state index contributed by atoms with van der Waals surface area (Å²) < 4.78 is 0. The molecular weight excluding hydrogens is 286 g/mol. The van der Waals surface area contributed by atoms with Gasteiger partial charge in [0.1, 0.15) is 6.04 Å². The molecule has 1 aliphatic heterocycles. The highest BCUT2D eigenvalue weighted by Crippen LogP contribution is 2.59. The molecule has 1 aliphatic carbocycles. The van der Waals surface area contributed by atoms with Gasteiger partial charge in [0.05, 0.1) is 11.8 Å². The number of hydrogen-bond donors (Lipinski definition) is 2. The molecule has 0 spiro atoms. The molecule has 1 fully saturated rings. The fourth-order valence-electron chi connectivity index (χ4n) is 3.57. The molecule has 6 heteroatoms. The second-order valence-corrected chi connectivity index (χ2v) is 6.51. The molecule has 0 radical (unpaired) electrons. The van der Waals surface area contributed by atoms with Crippen molar-refractivity contribution in [3.05, 3.63) is 29.8 Å². The van der Waals surface area contributed by atoms with Crippen LogP contribution in [0.3, 0.4) is 0 Å². The van der Waals surface area contributed by atoms with Crippen LogP contribution in [0.5, 0.6) is 0 Å². The molecule has 0 unspecified atom stereocenters. The molecule has 22 heavy (non-hydrogen) atoms. The molecule has 1 aromatic rings. The van der Waals surface area contributed by atoms with Gasteiger partial charge in [-0.15, -0.1) is 0 Å². The fraction of sp³-hybridized carbons (Fsp3) is 0.438. The minimum Gasteiger partial charge on any atom is -0.481 e. The van der Waals surface area contributed by atoms with Crippen LogP contribution in [0.2, 0.25) is 0 Å². The van der Waals surface area contributed by atoms with Crippen molar-refractivity contribution in [1.82, 2.24) is 0 Å². The molecule has 1 heterocycles. The number of amides is 1. The van der Waals surface area contributed by atoms with Crippen molar-refractivity contribution in [2.75, 3.05) is 4.90 Å². The van der Waals surface area contributed by atoms with Crippen molar-refractivity contribution < 1.29 is 24.6 Å². The van der Waals surface area contributed by atoms with Crippen LogP contribution in [-0.2, 0) is 20.8 Å². The predicted molar refractivity (Wildman–Crippen MR) is 77.5 cm³/mol. The van der Waals surface area contributed by atoms with Gasteiger partial charge in [0, 0.05) is 12.1 Å². The number of fused-ring (bicyclic) bond motifs is 1. The second kappa shape index (κ2) is 4.56. The minimum atomic E-state index is -1.07. The standard InChI is InChI=1S/C16H17NO5/c1-16(2)11(12(16)15(21)22)13(18)17-9-6-4-3-5-8(9)7-10(17)14(19)20/h3-6,10-12H,7H2,1-2H3,(H,19,20)(H,21,22)/t10-,11+,12+/m0/s1. The summed E-state index contributed by atoms with van der Waals surface area (Å²) in [6.45, 7) is 3.46. The van der Waals surface area contributed by atoms with Crippen molar-refractivity contribution in [2.24, 2.45) is 17.3 Å². The van der Waals surface area contributed by atoms with Gasteiger partial charge < -0.3 is 10.2 Å². The number of nitrogens with zero attached hydrogens (tertiary/aromatic N) is 1. The lowest BCUT2D eigenvalue weighted by Crippen LogP contribution is -2.44. The van der Waals surface area contributed by atoms with E-state index in [4.69, 9.17) is 0 Å². The topological polar surface area (TPSA) is 94.9 Å². The molecule has 2 aliphatic rings. The van der Waals surface area contributed by atoms with Gasteiger partial charge in [0.25, 0.3) is 0 Å².